The summed E-state index contributed by atoms with van der Waals surface area (Å²) in [6, 6.07) is 8.17. The van der Waals surface area contributed by atoms with Gasteiger partial charge in [0.1, 0.15) is 5.75 Å². The Morgan fingerprint density at radius 1 is 1.33 bits per heavy atom. The summed E-state index contributed by atoms with van der Waals surface area (Å²) in [7, 11) is 1.67. The maximum absolute atomic E-state index is 10.2. The van der Waals surface area contributed by atoms with Gasteiger partial charge >= 0.3 is 0 Å². The van der Waals surface area contributed by atoms with E-state index in [9.17, 15) is 5.11 Å². The van der Waals surface area contributed by atoms with Gasteiger partial charge in [-0.2, -0.15) is 0 Å². The van der Waals surface area contributed by atoms with E-state index in [1.54, 1.807) is 7.11 Å². The highest BCUT2D eigenvalue weighted by Gasteiger charge is 2.25. The summed E-state index contributed by atoms with van der Waals surface area (Å²) < 4.78 is 5.21. The second kappa shape index (κ2) is 6.21. The van der Waals surface area contributed by atoms with Gasteiger partial charge < -0.3 is 15.2 Å². The van der Waals surface area contributed by atoms with Crippen molar-refractivity contribution in [1.29, 1.82) is 0 Å². The molecule has 2 N–H and O–H groups in total. The van der Waals surface area contributed by atoms with E-state index in [0.717, 1.165) is 11.3 Å². The maximum Gasteiger partial charge on any atom is 0.119 e. The van der Waals surface area contributed by atoms with Gasteiger partial charge in [-0.1, -0.05) is 26.0 Å². The quantitative estimate of drug-likeness (QED) is 0.817. The molecule has 0 fully saturated rings. The van der Waals surface area contributed by atoms with Gasteiger partial charge in [-0.05, 0) is 37.5 Å². The summed E-state index contributed by atoms with van der Waals surface area (Å²) in [5.74, 6) is 1.08. The van der Waals surface area contributed by atoms with Crippen molar-refractivity contribution in [3.05, 3.63) is 29.8 Å². The van der Waals surface area contributed by atoms with Crippen LogP contribution in [0.2, 0.25) is 0 Å². The lowest BCUT2D eigenvalue weighted by molar-refractivity contribution is 0.0122. The molecule has 0 aromatic heterocycles. The predicted octanol–water partition coefficient (Wildman–Crippen LogP) is 2.75. The molecule has 1 aromatic carbocycles. The summed E-state index contributed by atoms with van der Waals surface area (Å²) >= 11 is 0. The number of hydrogen-bond donors (Lipinski definition) is 2. The Hall–Kier alpha value is -1.06. The van der Waals surface area contributed by atoms with E-state index in [1.807, 2.05) is 39.0 Å². The summed E-state index contributed by atoms with van der Waals surface area (Å²) in [5, 5.41) is 13.6. The average Bonchev–Trinajstić information content (AvgIpc) is 2.36. The SMILES string of the molecule is COc1cccc(C(C)NCC(C)(O)C(C)C)c1. The van der Waals surface area contributed by atoms with Gasteiger partial charge in [0.05, 0.1) is 12.7 Å². The third-order valence-electron chi connectivity index (χ3n) is 3.60. The highest BCUT2D eigenvalue weighted by molar-refractivity contribution is 5.30. The van der Waals surface area contributed by atoms with Gasteiger partial charge in [0.25, 0.3) is 0 Å². The molecule has 2 unspecified atom stereocenters. The molecule has 0 heterocycles. The van der Waals surface area contributed by atoms with Crippen molar-refractivity contribution >= 4 is 0 Å². The lowest BCUT2D eigenvalue weighted by Crippen LogP contribution is -2.42. The van der Waals surface area contributed by atoms with Gasteiger partial charge in [-0.25, -0.2) is 0 Å². The molecule has 0 bridgehead atoms. The minimum atomic E-state index is -0.687. The van der Waals surface area contributed by atoms with Crippen LogP contribution < -0.4 is 10.1 Å². The van der Waals surface area contributed by atoms with E-state index in [2.05, 4.69) is 18.3 Å². The summed E-state index contributed by atoms with van der Waals surface area (Å²) in [6.45, 7) is 8.58. The number of aliphatic hydroxyl groups is 1. The fourth-order valence-electron chi connectivity index (χ4n) is 1.59. The summed E-state index contributed by atoms with van der Waals surface area (Å²) in [6.07, 6.45) is 0. The molecule has 0 radical (unpaired) electrons. The topological polar surface area (TPSA) is 41.5 Å². The molecule has 0 aliphatic heterocycles. The fourth-order valence-corrected chi connectivity index (χ4v) is 1.59. The zero-order valence-electron chi connectivity index (χ0n) is 12.0. The van der Waals surface area contributed by atoms with Crippen LogP contribution >= 0.6 is 0 Å². The molecule has 2 atom stereocenters. The molecular weight excluding hydrogens is 226 g/mol. The van der Waals surface area contributed by atoms with E-state index in [0.29, 0.717) is 6.54 Å². The van der Waals surface area contributed by atoms with Crippen LogP contribution in [0.4, 0.5) is 0 Å². The maximum atomic E-state index is 10.2. The van der Waals surface area contributed by atoms with Gasteiger partial charge in [-0.3, -0.25) is 0 Å². The highest BCUT2D eigenvalue weighted by atomic mass is 16.5. The van der Waals surface area contributed by atoms with Crippen molar-refractivity contribution in [1.82, 2.24) is 5.32 Å². The van der Waals surface area contributed by atoms with Gasteiger partial charge in [0.2, 0.25) is 0 Å². The molecule has 0 amide bonds. The first-order chi connectivity index (χ1) is 8.36. The Labute approximate surface area is 110 Å². The number of ether oxygens (including phenoxy) is 1. The minimum Gasteiger partial charge on any atom is -0.497 e. The Balaban J connectivity index is 2.62. The molecule has 0 aliphatic carbocycles. The van der Waals surface area contributed by atoms with E-state index < -0.39 is 5.60 Å². The van der Waals surface area contributed by atoms with Crippen LogP contribution in [-0.4, -0.2) is 24.4 Å². The van der Waals surface area contributed by atoms with Crippen molar-refractivity contribution in [3.8, 4) is 5.75 Å². The normalized spacial score (nSPS) is 16.4. The van der Waals surface area contributed by atoms with Crippen LogP contribution in [0.25, 0.3) is 0 Å². The molecule has 3 heteroatoms. The van der Waals surface area contributed by atoms with Crippen molar-refractivity contribution in [3.63, 3.8) is 0 Å². The van der Waals surface area contributed by atoms with E-state index in [-0.39, 0.29) is 12.0 Å². The van der Waals surface area contributed by atoms with Crippen molar-refractivity contribution in [2.75, 3.05) is 13.7 Å². The molecule has 1 rings (SSSR count). The summed E-state index contributed by atoms with van der Waals surface area (Å²) in [5.41, 5.74) is 0.474. The highest BCUT2D eigenvalue weighted by Crippen LogP contribution is 2.20. The van der Waals surface area contributed by atoms with Crippen LogP contribution in [0.5, 0.6) is 5.75 Å². The Bertz CT molecular complexity index is 375. The Morgan fingerprint density at radius 2 is 2.00 bits per heavy atom. The second-order valence-corrected chi connectivity index (χ2v) is 5.39. The van der Waals surface area contributed by atoms with Crippen molar-refractivity contribution < 1.29 is 9.84 Å². The zero-order valence-corrected chi connectivity index (χ0v) is 12.0. The predicted molar refractivity (Wildman–Crippen MR) is 74.9 cm³/mol. The zero-order chi connectivity index (χ0) is 13.8. The lowest BCUT2D eigenvalue weighted by atomic mass is 9.92. The van der Waals surface area contributed by atoms with Crippen LogP contribution in [0.1, 0.15) is 39.3 Å². The lowest BCUT2D eigenvalue weighted by Gasteiger charge is -2.29. The van der Waals surface area contributed by atoms with E-state index in [1.165, 1.54) is 0 Å². The second-order valence-electron chi connectivity index (χ2n) is 5.39. The van der Waals surface area contributed by atoms with Gasteiger partial charge in [-0.15, -0.1) is 0 Å². The molecule has 0 saturated carbocycles. The first kappa shape index (κ1) is 15.0. The third kappa shape index (κ3) is 4.00. The molecule has 102 valence electrons. The molecule has 0 saturated heterocycles. The Morgan fingerprint density at radius 3 is 2.56 bits per heavy atom. The number of benzene rings is 1. The monoisotopic (exact) mass is 251 g/mol. The molecule has 0 aliphatic rings. The number of nitrogens with one attached hydrogen (secondary N) is 1. The third-order valence-corrected chi connectivity index (χ3v) is 3.60. The van der Waals surface area contributed by atoms with Crippen molar-refractivity contribution in [2.24, 2.45) is 5.92 Å². The smallest absolute Gasteiger partial charge is 0.119 e. The molecule has 18 heavy (non-hydrogen) atoms. The molecule has 3 nitrogen and oxygen atoms in total. The first-order valence-electron chi connectivity index (χ1n) is 6.46. The fraction of sp³-hybridized carbons (Fsp3) is 0.600. The summed E-state index contributed by atoms with van der Waals surface area (Å²) in [4.78, 5) is 0. The van der Waals surface area contributed by atoms with E-state index in [4.69, 9.17) is 4.74 Å². The van der Waals surface area contributed by atoms with Crippen LogP contribution in [-0.2, 0) is 0 Å². The van der Waals surface area contributed by atoms with Crippen LogP contribution in [0, 0.1) is 5.92 Å². The van der Waals surface area contributed by atoms with Gasteiger partial charge in [0.15, 0.2) is 0 Å². The largest absolute Gasteiger partial charge is 0.497 e. The molecule has 0 spiro atoms. The number of methoxy groups -OCH3 is 1. The van der Waals surface area contributed by atoms with Crippen LogP contribution in [0.3, 0.4) is 0 Å². The average molecular weight is 251 g/mol. The van der Waals surface area contributed by atoms with Gasteiger partial charge in [0, 0.05) is 12.6 Å². The van der Waals surface area contributed by atoms with Crippen LogP contribution in [0.15, 0.2) is 24.3 Å². The number of rotatable bonds is 6. The number of hydrogen-bond acceptors (Lipinski definition) is 3. The molecular formula is C15H25NO2. The first-order valence-corrected chi connectivity index (χ1v) is 6.46. The Kier molecular flexibility index (Phi) is 5.17. The standard InChI is InChI=1S/C15H25NO2/c1-11(2)15(4,17)10-16-12(3)13-7-6-8-14(9-13)18-5/h6-9,11-12,16-17H,10H2,1-5H3. The molecule has 1 aromatic rings. The minimum absolute atomic E-state index is 0.185. The van der Waals surface area contributed by atoms with E-state index >= 15 is 0 Å². The van der Waals surface area contributed by atoms with Crippen molar-refractivity contribution in [2.45, 2.75) is 39.3 Å².